The first kappa shape index (κ1) is 17.9. The van der Waals surface area contributed by atoms with Gasteiger partial charge in [-0.05, 0) is 42.8 Å². The molecule has 0 aliphatic carbocycles. The van der Waals surface area contributed by atoms with E-state index >= 15 is 0 Å². The molecule has 3 rings (SSSR count). The van der Waals surface area contributed by atoms with Gasteiger partial charge in [-0.3, -0.25) is 4.79 Å². The van der Waals surface area contributed by atoms with E-state index in [1.54, 1.807) is 36.4 Å². The molecule has 0 unspecified atom stereocenters. The molecule has 0 radical (unpaired) electrons. The van der Waals surface area contributed by atoms with E-state index < -0.39 is 6.10 Å². The van der Waals surface area contributed by atoms with E-state index in [1.165, 1.54) is 4.90 Å². The number of urea groups is 1. The molecule has 1 saturated heterocycles. The Bertz CT molecular complexity index is 764. The van der Waals surface area contributed by atoms with Crippen LogP contribution in [0, 0.1) is 0 Å². The van der Waals surface area contributed by atoms with E-state index in [1.807, 2.05) is 18.2 Å². The Labute approximate surface area is 151 Å². The van der Waals surface area contributed by atoms with Gasteiger partial charge in [-0.25, -0.2) is 4.79 Å². The highest BCUT2D eigenvalue weighted by atomic mass is 16.3. The van der Waals surface area contributed by atoms with Crippen molar-refractivity contribution in [2.24, 2.45) is 0 Å². The van der Waals surface area contributed by atoms with Crippen LogP contribution in [-0.4, -0.2) is 52.3 Å². The zero-order chi connectivity index (χ0) is 18.5. The largest absolute Gasteiger partial charge is 0.394 e. The molecular formula is C19H21N3O4. The summed E-state index contributed by atoms with van der Waals surface area (Å²) in [5.41, 5.74) is 1.71. The molecule has 1 heterocycles. The van der Waals surface area contributed by atoms with Crippen molar-refractivity contribution in [1.82, 2.24) is 4.90 Å². The molecule has 4 N–H and O–H groups in total. The number of para-hydroxylation sites is 1. The molecule has 2 atom stereocenters. The van der Waals surface area contributed by atoms with E-state index in [-0.39, 0.29) is 31.1 Å². The van der Waals surface area contributed by atoms with E-state index in [0.29, 0.717) is 23.4 Å². The Hall–Kier alpha value is -2.90. The molecule has 0 saturated carbocycles. The summed E-state index contributed by atoms with van der Waals surface area (Å²) >= 11 is 0. The Morgan fingerprint density at radius 1 is 1.00 bits per heavy atom. The maximum Gasteiger partial charge on any atom is 0.322 e. The van der Waals surface area contributed by atoms with Gasteiger partial charge in [0.25, 0.3) is 5.91 Å². The summed E-state index contributed by atoms with van der Waals surface area (Å²) in [4.78, 5) is 25.9. The second-order valence-electron chi connectivity index (χ2n) is 6.21. The SMILES string of the molecule is O=C(Nc1ccccc1)c1ccc(NC(=O)N2C[C@H](O)C[C@H]2CO)cc1. The minimum Gasteiger partial charge on any atom is -0.394 e. The third-order valence-electron chi connectivity index (χ3n) is 4.29. The summed E-state index contributed by atoms with van der Waals surface area (Å²) < 4.78 is 0. The van der Waals surface area contributed by atoms with Crippen LogP contribution in [0.3, 0.4) is 0 Å². The Morgan fingerprint density at radius 2 is 1.65 bits per heavy atom. The summed E-state index contributed by atoms with van der Waals surface area (Å²) in [6.45, 7) is -0.00228. The molecule has 0 aromatic heterocycles. The number of aliphatic hydroxyl groups is 2. The molecule has 0 bridgehead atoms. The van der Waals surface area contributed by atoms with Crippen LogP contribution >= 0.6 is 0 Å². The third-order valence-corrected chi connectivity index (χ3v) is 4.29. The topological polar surface area (TPSA) is 102 Å². The normalized spacial score (nSPS) is 19.2. The number of nitrogens with one attached hydrogen (secondary N) is 2. The van der Waals surface area contributed by atoms with Crippen LogP contribution < -0.4 is 10.6 Å². The summed E-state index contributed by atoms with van der Waals surface area (Å²) in [5, 5.41) is 24.5. The standard InChI is InChI=1S/C19H21N3O4/c23-12-16-10-17(24)11-22(16)19(26)21-15-8-6-13(7-9-15)18(25)20-14-4-2-1-3-5-14/h1-9,16-17,23-24H,10-12H2,(H,20,25)(H,21,26)/t16-,17+/m0/s1. The predicted molar refractivity (Wildman–Crippen MR) is 98.1 cm³/mol. The Kier molecular flexibility index (Phi) is 5.50. The number of hydrogen-bond acceptors (Lipinski definition) is 4. The summed E-state index contributed by atoms with van der Waals surface area (Å²) in [5.74, 6) is -0.239. The molecule has 1 aliphatic rings. The maximum absolute atomic E-state index is 12.3. The van der Waals surface area contributed by atoms with Gasteiger partial charge >= 0.3 is 6.03 Å². The van der Waals surface area contributed by atoms with Crippen LogP contribution in [0.25, 0.3) is 0 Å². The molecule has 1 aliphatic heterocycles. The predicted octanol–water partition coefficient (Wildman–Crippen LogP) is 1.90. The third kappa shape index (κ3) is 4.19. The minimum absolute atomic E-state index is 0.189. The van der Waals surface area contributed by atoms with Gasteiger partial charge in [-0.2, -0.15) is 0 Å². The van der Waals surface area contributed by atoms with Gasteiger partial charge in [-0.1, -0.05) is 18.2 Å². The summed E-state index contributed by atoms with van der Waals surface area (Å²) in [6, 6.07) is 14.9. The number of benzene rings is 2. The lowest BCUT2D eigenvalue weighted by Crippen LogP contribution is -2.40. The summed E-state index contributed by atoms with van der Waals surface area (Å²) in [7, 11) is 0. The molecule has 2 aromatic carbocycles. The highest BCUT2D eigenvalue weighted by Crippen LogP contribution is 2.19. The lowest BCUT2D eigenvalue weighted by atomic mass is 10.2. The van der Waals surface area contributed by atoms with Gasteiger partial charge in [0.2, 0.25) is 0 Å². The first-order chi connectivity index (χ1) is 12.6. The number of rotatable bonds is 4. The lowest BCUT2D eigenvalue weighted by Gasteiger charge is -2.23. The van der Waals surface area contributed by atoms with Crippen molar-refractivity contribution in [3.63, 3.8) is 0 Å². The van der Waals surface area contributed by atoms with Crippen LogP contribution in [0.1, 0.15) is 16.8 Å². The van der Waals surface area contributed by atoms with Crippen molar-refractivity contribution in [2.45, 2.75) is 18.6 Å². The second kappa shape index (κ2) is 7.99. The number of β-amino-alcohol motifs (C(OH)–C–C–N with tert-alkyl or cyclic N) is 1. The molecule has 26 heavy (non-hydrogen) atoms. The van der Waals surface area contributed by atoms with Gasteiger partial charge in [0.15, 0.2) is 0 Å². The number of anilines is 2. The first-order valence-corrected chi connectivity index (χ1v) is 8.40. The fourth-order valence-electron chi connectivity index (χ4n) is 2.94. The van der Waals surface area contributed by atoms with Crippen molar-refractivity contribution in [3.05, 3.63) is 60.2 Å². The van der Waals surface area contributed by atoms with Gasteiger partial charge < -0.3 is 25.7 Å². The lowest BCUT2D eigenvalue weighted by molar-refractivity contribution is 0.102. The number of carbonyl (C=O) groups excluding carboxylic acids is 2. The minimum atomic E-state index is -0.623. The Morgan fingerprint density at radius 3 is 2.31 bits per heavy atom. The second-order valence-corrected chi connectivity index (χ2v) is 6.21. The van der Waals surface area contributed by atoms with Gasteiger partial charge in [0, 0.05) is 23.5 Å². The van der Waals surface area contributed by atoms with Crippen LogP contribution in [0.15, 0.2) is 54.6 Å². The molecule has 3 amide bonds. The fourth-order valence-corrected chi connectivity index (χ4v) is 2.94. The zero-order valence-corrected chi connectivity index (χ0v) is 14.1. The molecule has 7 nitrogen and oxygen atoms in total. The van der Waals surface area contributed by atoms with Crippen LogP contribution in [-0.2, 0) is 0 Å². The molecular weight excluding hydrogens is 334 g/mol. The zero-order valence-electron chi connectivity index (χ0n) is 14.1. The number of carbonyl (C=O) groups is 2. The monoisotopic (exact) mass is 355 g/mol. The number of nitrogens with zero attached hydrogens (tertiary/aromatic N) is 1. The van der Waals surface area contributed by atoms with Crippen LogP contribution in [0.4, 0.5) is 16.2 Å². The van der Waals surface area contributed by atoms with Gasteiger partial charge in [0.05, 0.1) is 18.8 Å². The van der Waals surface area contributed by atoms with Gasteiger partial charge in [-0.15, -0.1) is 0 Å². The Balaban J connectivity index is 1.61. The van der Waals surface area contributed by atoms with E-state index in [2.05, 4.69) is 10.6 Å². The van der Waals surface area contributed by atoms with Crippen molar-refractivity contribution in [3.8, 4) is 0 Å². The van der Waals surface area contributed by atoms with Gasteiger partial charge in [0.1, 0.15) is 0 Å². The average molecular weight is 355 g/mol. The average Bonchev–Trinajstić information content (AvgIpc) is 3.04. The highest BCUT2D eigenvalue weighted by molar-refractivity contribution is 6.04. The van der Waals surface area contributed by atoms with Crippen LogP contribution in [0.2, 0.25) is 0 Å². The molecule has 136 valence electrons. The number of hydrogen-bond donors (Lipinski definition) is 4. The quantitative estimate of drug-likeness (QED) is 0.673. The number of amides is 3. The molecule has 1 fully saturated rings. The highest BCUT2D eigenvalue weighted by Gasteiger charge is 2.33. The molecule has 7 heteroatoms. The fraction of sp³-hybridized carbons (Fsp3) is 0.263. The first-order valence-electron chi connectivity index (χ1n) is 8.40. The van der Waals surface area contributed by atoms with E-state index in [4.69, 9.17) is 0 Å². The van der Waals surface area contributed by atoms with E-state index in [9.17, 15) is 19.8 Å². The van der Waals surface area contributed by atoms with Crippen molar-refractivity contribution >= 4 is 23.3 Å². The number of likely N-dealkylation sites (tertiary alicyclic amines) is 1. The van der Waals surface area contributed by atoms with Crippen molar-refractivity contribution in [2.75, 3.05) is 23.8 Å². The smallest absolute Gasteiger partial charge is 0.322 e. The van der Waals surface area contributed by atoms with E-state index in [0.717, 1.165) is 0 Å². The van der Waals surface area contributed by atoms with Crippen LogP contribution in [0.5, 0.6) is 0 Å². The molecule has 2 aromatic rings. The molecule has 0 spiro atoms. The summed E-state index contributed by atoms with van der Waals surface area (Å²) in [6.07, 6.45) is -0.260. The maximum atomic E-state index is 12.3. The number of aliphatic hydroxyl groups excluding tert-OH is 2. The van der Waals surface area contributed by atoms with Crippen molar-refractivity contribution < 1.29 is 19.8 Å². The van der Waals surface area contributed by atoms with Crippen molar-refractivity contribution in [1.29, 1.82) is 0 Å².